The zero-order valence-electron chi connectivity index (χ0n) is 20.8. The summed E-state index contributed by atoms with van der Waals surface area (Å²) >= 11 is 0. The SMILES string of the molecule is O=C1C=CC=C/C1=C/N[C@@H](C(=O)O)c1ccccc1.O=C1C=CC=C/C1=C/N[C@@H](C(=O)O)c1ccccc1.[Cu].[Cu]. The topological polar surface area (TPSA) is 133 Å². The van der Waals surface area contributed by atoms with Crippen LogP contribution < -0.4 is 10.6 Å². The molecule has 2 atom stereocenters. The van der Waals surface area contributed by atoms with Crippen molar-refractivity contribution in [2.45, 2.75) is 12.1 Å². The van der Waals surface area contributed by atoms with Gasteiger partial charge in [-0.15, -0.1) is 0 Å². The zero-order valence-corrected chi connectivity index (χ0v) is 22.7. The predicted octanol–water partition coefficient (Wildman–Crippen LogP) is 3.96. The van der Waals surface area contributed by atoms with Gasteiger partial charge in [0.1, 0.15) is 12.1 Å². The van der Waals surface area contributed by atoms with Crippen LogP contribution in [0.4, 0.5) is 0 Å². The Bertz CT molecular complexity index is 1260. The molecule has 0 saturated carbocycles. The number of hydrogen-bond acceptors (Lipinski definition) is 6. The molecule has 0 bridgehead atoms. The molecule has 0 fully saturated rings. The minimum Gasteiger partial charge on any atom is -0.479 e. The molecule has 2 aromatic rings. The summed E-state index contributed by atoms with van der Waals surface area (Å²) in [6.45, 7) is 0. The van der Waals surface area contributed by atoms with E-state index in [1.807, 2.05) is 12.1 Å². The molecule has 2 aliphatic rings. The van der Waals surface area contributed by atoms with Crippen molar-refractivity contribution in [3.05, 3.63) is 144 Å². The smallest absolute Gasteiger partial charge is 0.330 e. The van der Waals surface area contributed by atoms with E-state index in [-0.39, 0.29) is 45.7 Å². The molecule has 0 amide bonds. The van der Waals surface area contributed by atoms with Gasteiger partial charge in [0.15, 0.2) is 11.6 Å². The fourth-order valence-electron chi connectivity index (χ4n) is 3.46. The molecule has 0 aliphatic heterocycles. The quantitative estimate of drug-likeness (QED) is 0.253. The summed E-state index contributed by atoms with van der Waals surface area (Å²) in [5, 5.41) is 24.0. The Hall–Kier alpha value is -4.20. The third-order valence-electron chi connectivity index (χ3n) is 5.41. The third-order valence-corrected chi connectivity index (χ3v) is 5.41. The maximum atomic E-state index is 11.5. The number of nitrogens with one attached hydrogen (secondary N) is 2. The molecule has 2 aliphatic carbocycles. The van der Waals surface area contributed by atoms with Gasteiger partial charge in [0.25, 0.3) is 0 Å². The predicted molar refractivity (Wildman–Crippen MR) is 143 cm³/mol. The number of benzene rings is 2. The Morgan fingerprint density at radius 3 is 1.20 bits per heavy atom. The number of carbonyl (C=O) groups is 4. The molecule has 4 rings (SSSR count). The van der Waals surface area contributed by atoms with Crippen LogP contribution >= 0.6 is 0 Å². The fraction of sp³-hybridized carbons (Fsp3) is 0.0667. The van der Waals surface area contributed by atoms with Gasteiger partial charge < -0.3 is 20.8 Å². The van der Waals surface area contributed by atoms with E-state index in [1.165, 1.54) is 24.6 Å². The molecule has 214 valence electrons. The molecule has 10 heteroatoms. The van der Waals surface area contributed by atoms with Crippen molar-refractivity contribution in [3.63, 3.8) is 0 Å². The molecule has 40 heavy (non-hydrogen) atoms. The van der Waals surface area contributed by atoms with Gasteiger partial charge in [0, 0.05) is 57.7 Å². The standard InChI is InChI=1S/2C15H13NO3.2Cu/c2*17-13-9-5-4-8-12(13)10-16-14(15(18)19)11-6-2-1-3-7-11;;/h2*1-10,14,16H,(H,18,19);;/b2*12-10-;;/t2*14-;;/m11../s1. The second-order valence-corrected chi connectivity index (χ2v) is 8.06. The largest absolute Gasteiger partial charge is 0.479 e. The summed E-state index contributed by atoms with van der Waals surface area (Å²) < 4.78 is 0. The fourth-order valence-corrected chi connectivity index (χ4v) is 3.46. The van der Waals surface area contributed by atoms with Crippen molar-refractivity contribution >= 4 is 23.5 Å². The third kappa shape index (κ3) is 10.2. The molecule has 2 aromatic carbocycles. The minimum atomic E-state index is -0.995. The average molecular weight is 638 g/mol. The molecule has 0 unspecified atom stereocenters. The van der Waals surface area contributed by atoms with Crippen LogP contribution in [0.2, 0.25) is 0 Å². The minimum absolute atomic E-state index is 0. The van der Waals surface area contributed by atoms with Crippen LogP contribution in [0.3, 0.4) is 0 Å². The monoisotopic (exact) mass is 636 g/mol. The number of rotatable bonds is 8. The molecule has 2 radical (unpaired) electrons. The van der Waals surface area contributed by atoms with E-state index >= 15 is 0 Å². The van der Waals surface area contributed by atoms with Gasteiger partial charge >= 0.3 is 11.9 Å². The van der Waals surface area contributed by atoms with E-state index in [0.717, 1.165) is 0 Å². The van der Waals surface area contributed by atoms with Crippen LogP contribution in [0, 0.1) is 0 Å². The number of carboxylic acid groups (broad SMARTS) is 2. The van der Waals surface area contributed by atoms with E-state index < -0.39 is 24.0 Å². The van der Waals surface area contributed by atoms with Gasteiger partial charge in [0.2, 0.25) is 0 Å². The summed E-state index contributed by atoms with van der Waals surface area (Å²) in [6, 6.07) is 15.9. The first-order chi connectivity index (χ1) is 18.4. The Morgan fingerprint density at radius 2 is 0.900 bits per heavy atom. The van der Waals surface area contributed by atoms with Gasteiger partial charge in [-0.1, -0.05) is 85.0 Å². The number of allylic oxidation sites excluding steroid dienone is 10. The molecule has 8 nitrogen and oxygen atoms in total. The van der Waals surface area contributed by atoms with E-state index in [0.29, 0.717) is 22.3 Å². The Balaban J connectivity index is 0.000000381. The maximum absolute atomic E-state index is 11.5. The molecule has 4 N–H and O–H groups in total. The molecule has 0 saturated heterocycles. The first-order valence-corrected chi connectivity index (χ1v) is 11.6. The summed E-state index contributed by atoms with van der Waals surface area (Å²) in [4.78, 5) is 45.5. The molecular weight excluding hydrogens is 611 g/mol. The van der Waals surface area contributed by atoms with Crippen molar-refractivity contribution in [3.8, 4) is 0 Å². The Kier molecular flexibility index (Phi) is 14.7. The van der Waals surface area contributed by atoms with Gasteiger partial charge in [-0.25, -0.2) is 9.59 Å². The van der Waals surface area contributed by atoms with Gasteiger partial charge in [-0.2, -0.15) is 0 Å². The molecule has 0 aromatic heterocycles. The van der Waals surface area contributed by atoms with Crippen LogP contribution in [-0.2, 0) is 53.3 Å². The molecule has 0 spiro atoms. The second-order valence-electron chi connectivity index (χ2n) is 8.06. The van der Waals surface area contributed by atoms with Gasteiger partial charge in [-0.05, 0) is 35.4 Å². The van der Waals surface area contributed by atoms with Gasteiger partial charge in [-0.3, -0.25) is 9.59 Å². The van der Waals surface area contributed by atoms with Crippen LogP contribution in [0.15, 0.2) is 133 Å². The van der Waals surface area contributed by atoms with Crippen LogP contribution in [0.25, 0.3) is 0 Å². The summed E-state index contributed by atoms with van der Waals surface area (Å²) in [5.74, 6) is -2.28. The van der Waals surface area contributed by atoms with E-state index in [2.05, 4.69) is 10.6 Å². The van der Waals surface area contributed by atoms with E-state index in [9.17, 15) is 29.4 Å². The second kappa shape index (κ2) is 17.4. The zero-order chi connectivity index (χ0) is 27.3. The van der Waals surface area contributed by atoms with Crippen LogP contribution in [0.5, 0.6) is 0 Å². The molecule has 0 heterocycles. The van der Waals surface area contributed by atoms with Crippen molar-refractivity contribution in [1.29, 1.82) is 0 Å². The van der Waals surface area contributed by atoms with Crippen LogP contribution in [-0.4, -0.2) is 33.7 Å². The number of carboxylic acids is 2. The number of carbonyl (C=O) groups excluding carboxylic acids is 2. The van der Waals surface area contributed by atoms with Crippen molar-refractivity contribution in [2.24, 2.45) is 0 Å². The number of aliphatic carboxylic acids is 2. The Morgan fingerprint density at radius 1 is 0.575 bits per heavy atom. The number of ketones is 2. The van der Waals surface area contributed by atoms with Crippen LogP contribution in [0.1, 0.15) is 23.2 Å². The summed E-state index contributed by atoms with van der Waals surface area (Å²) in [5.41, 5.74) is 2.14. The van der Waals surface area contributed by atoms with E-state index in [1.54, 1.807) is 85.0 Å². The summed E-state index contributed by atoms with van der Waals surface area (Å²) in [7, 11) is 0. The van der Waals surface area contributed by atoms with Crippen molar-refractivity contribution in [2.75, 3.05) is 0 Å². The van der Waals surface area contributed by atoms with Crippen molar-refractivity contribution < 1.29 is 63.5 Å². The first kappa shape index (κ1) is 33.8. The van der Waals surface area contributed by atoms with Crippen molar-refractivity contribution in [1.82, 2.24) is 10.6 Å². The average Bonchev–Trinajstić information content (AvgIpc) is 2.92. The first-order valence-electron chi connectivity index (χ1n) is 11.6. The molecular formula is C30H26Cu2N2O6. The summed E-state index contributed by atoms with van der Waals surface area (Å²) in [6.07, 6.45) is 15.8. The van der Waals surface area contributed by atoms with Gasteiger partial charge in [0.05, 0.1) is 0 Å². The van der Waals surface area contributed by atoms with E-state index in [4.69, 9.17) is 0 Å². The normalized spacial score (nSPS) is 16.6. The number of hydrogen-bond donors (Lipinski definition) is 4. The maximum Gasteiger partial charge on any atom is 0.330 e. The Labute approximate surface area is 252 Å².